The lowest BCUT2D eigenvalue weighted by atomic mass is 9.97. The van der Waals surface area contributed by atoms with E-state index < -0.39 is 11.7 Å². The SMILES string of the molecule is CC1CNCC1C(=O)Nc1ccc(C(F)(F)F)cc1Cl. The Bertz CT molecular complexity index is 519. The molecule has 2 rings (SSSR count). The van der Waals surface area contributed by atoms with Crippen molar-refractivity contribution in [1.82, 2.24) is 5.32 Å². The Kier molecular flexibility index (Phi) is 4.25. The summed E-state index contributed by atoms with van der Waals surface area (Å²) >= 11 is 5.79. The predicted molar refractivity (Wildman–Crippen MR) is 70.6 cm³/mol. The molecule has 1 aliphatic heterocycles. The molecular weight excluding hydrogens is 293 g/mol. The van der Waals surface area contributed by atoms with Crippen molar-refractivity contribution in [3.05, 3.63) is 28.8 Å². The largest absolute Gasteiger partial charge is 0.416 e. The van der Waals surface area contributed by atoms with Crippen molar-refractivity contribution in [2.24, 2.45) is 11.8 Å². The molecule has 0 aliphatic carbocycles. The van der Waals surface area contributed by atoms with Gasteiger partial charge in [0.05, 0.1) is 22.2 Å². The zero-order chi connectivity index (χ0) is 14.9. The zero-order valence-electron chi connectivity index (χ0n) is 10.7. The van der Waals surface area contributed by atoms with Crippen LogP contribution in [0.4, 0.5) is 18.9 Å². The van der Waals surface area contributed by atoms with Gasteiger partial charge in [-0.05, 0) is 30.7 Å². The van der Waals surface area contributed by atoms with Crippen molar-refractivity contribution >= 4 is 23.2 Å². The average molecular weight is 307 g/mol. The van der Waals surface area contributed by atoms with Crippen molar-refractivity contribution in [2.75, 3.05) is 18.4 Å². The molecule has 20 heavy (non-hydrogen) atoms. The van der Waals surface area contributed by atoms with E-state index in [1.165, 1.54) is 6.07 Å². The molecule has 3 nitrogen and oxygen atoms in total. The maximum atomic E-state index is 12.5. The van der Waals surface area contributed by atoms with Gasteiger partial charge in [-0.1, -0.05) is 18.5 Å². The third-order valence-electron chi connectivity index (χ3n) is 3.41. The van der Waals surface area contributed by atoms with Crippen molar-refractivity contribution in [1.29, 1.82) is 0 Å². The van der Waals surface area contributed by atoms with Crippen molar-refractivity contribution in [3.8, 4) is 0 Å². The van der Waals surface area contributed by atoms with Crippen LogP contribution in [0, 0.1) is 11.8 Å². The number of alkyl halides is 3. The minimum atomic E-state index is -4.45. The maximum absolute atomic E-state index is 12.5. The Hall–Kier alpha value is -1.27. The second-order valence-corrected chi connectivity index (χ2v) is 5.33. The molecule has 0 radical (unpaired) electrons. The highest BCUT2D eigenvalue weighted by Gasteiger charge is 2.32. The number of hydrogen-bond donors (Lipinski definition) is 2. The van der Waals surface area contributed by atoms with Gasteiger partial charge in [-0.25, -0.2) is 0 Å². The van der Waals surface area contributed by atoms with E-state index in [1.54, 1.807) is 0 Å². The van der Waals surface area contributed by atoms with Gasteiger partial charge in [0.25, 0.3) is 0 Å². The number of anilines is 1. The highest BCUT2D eigenvalue weighted by molar-refractivity contribution is 6.33. The Labute approximate surface area is 119 Å². The van der Waals surface area contributed by atoms with Crippen LogP contribution in [0.2, 0.25) is 5.02 Å². The number of halogens is 4. The van der Waals surface area contributed by atoms with Gasteiger partial charge in [-0.3, -0.25) is 4.79 Å². The number of nitrogens with one attached hydrogen (secondary N) is 2. The molecule has 1 amide bonds. The zero-order valence-corrected chi connectivity index (χ0v) is 11.5. The maximum Gasteiger partial charge on any atom is 0.416 e. The first-order chi connectivity index (χ1) is 9.29. The van der Waals surface area contributed by atoms with Crippen LogP contribution in [0.3, 0.4) is 0 Å². The van der Waals surface area contributed by atoms with Gasteiger partial charge in [0.15, 0.2) is 0 Å². The van der Waals surface area contributed by atoms with Crippen LogP contribution in [-0.2, 0) is 11.0 Å². The van der Waals surface area contributed by atoms with Gasteiger partial charge >= 0.3 is 6.18 Å². The van der Waals surface area contributed by atoms with E-state index in [1.807, 2.05) is 6.92 Å². The highest BCUT2D eigenvalue weighted by atomic mass is 35.5. The van der Waals surface area contributed by atoms with Crippen molar-refractivity contribution in [3.63, 3.8) is 0 Å². The standard InChI is InChI=1S/C13H14ClF3N2O/c1-7-5-18-6-9(7)12(20)19-11-3-2-8(4-10(11)14)13(15,16)17/h2-4,7,9,18H,5-6H2,1H3,(H,19,20). The van der Waals surface area contributed by atoms with Crippen LogP contribution in [0.25, 0.3) is 0 Å². The monoisotopic (exact) mass is 306 g/mol. The Morgan fingerprint density at radius 2 is 2.10 bits per heavy atom. The topological polar surface area (TPSA) is 41.1 Å². The third kappa shape index (κ3) is 3.24. The predicted octanol–water partition coefficient (Wildman–Crippen LogP) is 3.15. The van der Waals surface area contributed by atoms with Crippen LogP contribution >= 0.6 is 11.6 Å². The molecule has 1 aromatic rings. The first-order valence-corrected chi connectivity index (χ1v) is 6.55. The summed E-state index contributed by atoms with van der Waals surface area (Å²) in [5.74, 6) is -0.249. The van der Waals surface area contributed by atoms with Crippen LogP contribution in [0.15, 0.2) is 18.2 Å². The molecule has 1 fully saturated rings. The van der Waals surface area contributed by atoms with Crippen LogP contribution in [0.1, 0.15) is 12.5 Å². The number of carbonyl (C=O) groups is 1. The number of rotatable bonds is 2. The number of hydrogen-bond acceptors (Lipinski definition) is 2. The lowest BCUT2D eigenvalue weighted by molar-refractivity contribution is -0.137. The molecule has 2 unspecified atom stereocenters. The first kappa shape index (κ1) is 15.1. The average Bonchev–Trinajstić information content (AvgIpc) is 2.76. The summed E-state index contributed by atoms with van der Waals surface area (Å²) < 4.78 is 37.5. The fourth-order valence-electron chi connectivity index (χ4n) is 2.18. The van der Waals surface area contributed by atoms with E-state index in [-0.39, 0.29) is 28.5 Å². The molecule has 1 aliphatic rings. The molecule has 0 spiro atoms. The fourth-order valence-corrected chi connectivity index (χ4v) is 2.41. The molecule has 110 valence electrons. The van der Waals surface area contributed by atoms with E-state index in [0.717, 1.165) is 18.7 Å². The number of carbonyl (C=O) groups excluding carboxylic acids is 1. The Morgan fingerprint density at radius 1 is 1.40 bits per heavy atom. The van der Waals surface area contributed by atoms with Crippen LogP contribution in [-0.4, -0.2) is 19.0 Å². The number of benzene rings is 1. The van der Waals surface area contributed by atoms with Gasteiger partial charge in [-0.2, -0.15) is 13.2 Å². The minimum Gasteiger partial charge on any atom is -0.324 e. The van der Waals surface area contributed by atoms with Crippen molar-refractivity contribution < 1.29 is 18.0 Å². The Balaban J connectivity index is 2.12. The van der Waals surface area contributed by atoms with E-state index in [0.29, 0.717) is 6.54 Å². The second-order valence-electron chi connectivity index (χ2n) is 4.92. The summed E-state index contributed by atoms with van der Waals surface area (Å²) in [6, 6.07) is 2.89. The fraction of sp³-hybridized carbons (Fsp3) is 0.462. The van der Waals surface area contributed by atoms with E-state index in [4.69, 9.17) is 11.6 Å². The van der Waals surface area contributed by atoms with E-state index >= 15 is 0 Å². The minimum absolute atomic E-state index is 0.119. The summed E-state index contributed by atoms with van der Waals surface area (Å²) in [4.78, 5) is 12.0. The molecular formula is C13H14ClF3N2O. The summed E-state index contributed by atoms with van der Waals surface area (Å²) in [5.41, 5.74) is -0.639. The van der Waals surface area contributed by atoms with Crippen LogP contribution in [0.5, 0.6) is 0 Å². The molecule has 7 heteroatoms. The van der Waals surface area contributed by atoms with E-state index in [2.05, 4.69) is 10.6 Å². The second kappa shape index (κ2) is 5.61. The summed E-state index contributed by atoms with van der Waals surface area (Å²) in [6.07, 6.45) is -4.45. The lowest BCUT2D eigenvalue weighted by Crippen LogP contribution is -2.28. The van der Waals surface area contributed by atoms with Gasteiger partial charge in [0.1, 0.15) is 0 Å². The van der Waals surface area contributed by atoms with Gasteiger partial charge < -0.3 is 10.6 Å². The molecule has 1 heterocycles. The third-order valence-corrected chi connectivity index (χ3v) is 3.72. The molecule has 0 saturated carbocycles. The smallest absolute Gasteiger partial charge is 0.324 e. The molecule has 0 bridgehead atoms. The van der Waals surface area contributed by atoms with Crippen molar-refractivity contribution in [2.45, 2.75) is 13.1 Å². The highest BCUT2D eigenvalue weighted by Crippen LogP contribution is 2.34. The van der Waals surface area contributed by atoms with Gasteiger partial charge in [-0.15, -0.1) is 0 Å². The molecule has 2 N–H and O–H groups in total. The van der Waals surface area contributed by atoms with Gasteiger partial charge in [0.2, 0.25) is 5.91 Å². The summed E-state index contributed by atoms with van der Waals surface area (Å²) in [5, 5.41) is 5.55. The quantitative estimate of drug-likeness (QED) is 0.881. The summed E-state index contributed by atoms with van der Waals surface area (Å²) in [7, 11) is 0. The van der Waals surface area contributed by atoms with E-state index in [9.17, 15) is 18.0 Å². The molecule has 1 saturated heterocycles. The Morgan fingerprint density at radius 3 is 2.60 bits per heavy atom. The molecule has 0 aromatic heterocycles. The number of amides is 1. The first-order valence-electron chi connectivity index (χ1n) is 6.17. The van der Waals surface area contributed by atoms with Gasteiger partial charge in [0, 0.05) is 6.54 Å². The molecule has 1 aromatic carbocycles. The molecule has 2 atom stereocenters. The lowest BCUT2D eigenvalue weighted by Gasteiger charge is -2.16. The summed E-state index contributed by atoms with van der Waals surface area (Å²) in [6.45, 7) is 3.25. The van der Waals surface area contributed by atoms with Crippen LogP contribution < -0.4 is 10.6 Å². The normalized spacial score (nSPS) is 22.9.